The Labute approximate surface area is 126 Å². The van der Waals surface area contributed by atoms with E-state index in [4.69, 9.17) is 4.74 Å². The first kappa shape index (κ1) is 17.5. The minimum absolute atomic E-state index is 0.141. The summed E-state index contributed by atoms with van der Waals surface area (Å²) >= 11 is 0. The summed E-state index contributed by atoms with van der Waals surface area (Å²) in [6, 6.07) is -0.363. The molecule has 0 aliphatic carbocycles. The van der Waals surface area contributed by atoms with Crippen LogP contribution in [0.15, 0.2) is 0 Å². The van der Waals surface area contributed by atoms with Crippen molar-refractivity contribution < 1.29 is 19.1 Å². The smallest absolute Gasteiger partial charge is 0.408 e. The lowest BCUT2D eigenvalue weighted by Gasteiger charge is -2.24. The van der Waals surface area contributed by atoms with Gasteiger partial charge < -0.3 is 19.7 Å². The summed E-state index contributed by atoms with van der Waals surface area (Å²) in [6.45, 7) is 7.77. The van der Waals surface area contributed by atoms with Gasteiger partial charge in [0.2, 0.25) is 5.91 Å². The van der Waals surface area contributed by atoms with Crippen molar-refractivity contribution in [2.45, 2.75) is 58.6 Å². The van der Waals surface area contributed by atoms with Crippen molar-refractivity contribution >= 4 is 18.3 Å². The van der Waals surface area contributed by atoms with Gasteiger partial charge in [-0.3, -0.25) is 4.79 Å². The molecule has 0 saturated carbocycles. The van der Waals surface area contributed by atoms with Gasteiger partial charge in [-0.1, -0.05) is 13.3 Å². The predicted octanol–water partition coefficient (Wildman–Crippen LogP) is 1.73. The zero-order chi connectivity index (χ0) is 16.0. The second-order valence-electron chi connectivity index (χ2n) is 6.41. The zero-order valence-electron chi connectivity index (χ0n) is 13.3. The zero-order valence-corrected chi connectivity index (χ0v) is 13.3. The van der Waals surface area contributed by atoms with E-state index in [1.165, 1.54) is 0 Å². The lowest BCUT2D eigenvalue weighted by atomic mass is 9.96. The summed E-state index contributed by atoms with van der Waals surface area (Å²) in [5.41, 5.74) is -0.599. The highest BCUT2D eigenvalue weighted by atomic mass is 16.6. The molecule has 0 aromatic carbocycles. The van der Waals surface area contributed by atoms with Crippen LogP contribution >= 0.6 is 0 Å². The van der Waals surface area contributed by atoms with Crippen molar-refractivity contribution in [3.63, 3.8) is 0 Å². The van der Waals surface area contributed by atoms with Gasteiger partial charge in [0.15, 0.2) is 0 Å². The van der Waals surface area contributed by atoms with Crippen molar-refractivity contribution in [1.82, 2.24) is 10.2 Å². The van der Waals surface area contributed by atoms with Gasteiger partial charge in [-0.15, -0.1) is 0 Å². The standard InChI is InChI=1S/C15H26N2O4/c1-5-6-11-7-8-17(12(11)10-18)13(19)9-16-14(20)21-15(2,3)4/h10-12H,5-9H2,1-4H3,(H,16,20)/t11-,12?/m0/s1. The van der Waals surface area contributed by atoms with E-state index < -0.39 is 11.7 Å². The Kier molecular flexibility index (Phi) is 6.18. The van der Waals surface area contributed by atoms with Gasteiger partial charge >= 0.3 is 6.09 Å². The van der Waals surface area contributed by atoms with Crippen molar-refractivity contribution in [3.05, 3.63) is 0 Å². The van der Waals surface area contributed by atoms with Crippen molar-refractivity contribution in [3.8, 4) is 0 Å². The van der Waals surface area contributed by atoms with E-state index in [0.717, 1.165) is 25.5 Å². The number of aldehydes is 1. The molecule has 1 rings (SSSR count). The lowest BCUT2D eigenvalue weighted by molar-refractivity contribution is -0.134. The Bertz CT molecular complexity index is 390. The predicted molar refractivity (Wildman–Crippen MR) is 78.8 cm³/mol. The average Bonchev–Trinajstić information content (AvgIpc) is 2.77. The molecule has 1 N–H and O–H groups in total. The number of carbonyl (C=O) groups excluding carboxylic acids is 3. The average molecular weight is 298 g/mol. The Morgan fingerprint density at radius 1 is 1.38 bits per heavy atom. The van der Waals surface area contributed by atoms with Crippen molar-refractivity contribution in [2.75, 3.05) is 13.1 Å². The quantitative estimate of drug-likeness (QED) is 0.784. The maximum atomic E-state index is 12.1. The van der Waals surface area contributed by atoms with Crippen LogP contribution in [0.25, 0.3) is 0 Å². The molecule has 1 fully saturated rings. The number of rotatable bonds is 5. The van der Waals surface area contributed by atoms with Gasteiger partial charge in [0.05, 0.1) is 6.04 Å². The number of nitrogens with zero attached hydrogens (tertiary/aromatic N) is 1. The second kappa shape index (κ2) is 7.43. The maximum absolute atomic E-state index is 12.1. The number of nitrogens with one attached hydrogen (secondary N) is 1. The molecule has 1 saturated heterocycles. The van der Waals surface area contributed by atoms with Crippen LogP contribution in [-0.2, 0) is 14.3 Å². The summed E-state index contributed by atoms with van der Waals surface area (Å²) in [5, 5.41) is 2.44. The molecule has 0 radical (unpaired) electrons. The highest BCUT2D eigenvalue weighted by molar-refractivity contribution is 5.85. The highest BCUT2D eigenvalue weighted by Gasteiger charge is 2.36. The number of ether oxygens (including phenoxy) is 1. The molecule has 21 heavy (non-hydrogen) atoms. The second-order valence-corrected chi connectivity index (χ2v) is 6.41. The Balaban J connectivity index is 2.48. The van der Waals surface area contributed by atoms with E-state index >= 15 is 0 Å². The first-order chi connectivity index (χ1) is 9.78. The largest absolute Gasteiger partial charge is 0.444 e. The van der Waals surface area contributed by atoms with E-state index in [2.05, 4.69) is 12.2 Å². The number of hydrogen-bond donors (Lipinski definition) is 1. The van der Waals surface area contributed by atoms with E-state index in [9.17, 15) is 14.4 Å². The number of likely N-dealkylation sites (tertiary alicyclic amines) is 1. The van der Waals surface area contributed by atoms with E-state index in [1.807, 2.05) is 0 Å². The molecule has 1 unspecified atom stereocenters. The van der Waals surface area contributed by atoms with Gasteiger partial charge in [-0.25, -0.2) is 4.79 Å². The van der Waals surface area contributed by atoms with Crippen LogP contribution in [0.5, 0.6) is 0 Å². The van der Waals surface area contributed by atoms with E-state index in [-0.39, 0.29) is 24.4 Å². The molecule has 2 atom stereocenters. The summed E-state index contributed by atoms with van der Waals surface area (Å²) in [6.07, 6.45) is 3.00. The number of hydrogen-bond acceptors (Lipinski definition) is 4. The van der Waals surface area contributed by atoms with Crippen LogP contribution in [0.4, 0.5) is 4.79 Å². The summed E-state index contributed by atoms with van der Waals surface area (Å²) in [4.78, 5) is 36.4. The lowest BCUT2D eigenvalue weighted by Crippen LogP contribution is -2.45. The van der Waals surface area contributed by atoms with Crippen LogP contribution in [0.1, 0.15) is 47.0 Å². The van der Waals surface area contributed by atoms with Crippen LogP contribution in [-0.4, -0.2) is 47.9 Å². The van der Waals surface area contributed by atoms with Crippen LogP contribution in [0.2, 0.25) is 0 Å². The van der Waals surface area contributed by atoms with Crippen LogP contribution < -0.4 is 5.32 Å². The fourth-order valence-corrected chi connectivity index (χ4v) is 2.60. The minimum atomic E-state index is -0.622. The van der Waals surface area contributed by atoms with Crippen LogP contribution in [0.3, 0.4) is 0 Å². The maximum Gasteiger partial charge on any atom is 0.408 e. The third-order valence-electron chi connectivity index (χ3n) is 3.49. The minimum Gasteiger partial charge on any atom is -0.444 e. The summed E-state index contributed by atoms with van der Waals surface area (Å²) in [5.74, 6) is -0.00506. The third kappa shape index (κ3) is 5.36. The van der Waals surface area contributed by atoms with Gasteiger partial charge in [0.25, 0.3) is 0 Å². The Hall–Kier alpha value is -1.59. The molecule has 2 amide bonds. The third-order valence-corrected chi connectivity index (χ3v) is 3.49. The molecule has 0 aromatic rings. The SMILES string of the molecule is CCC[C@H]1CCN(C(=O)CNC(=O)OC(C)(C)C)C1C=O. The molecule has 1 heterocycles. The topological polar surface area (TPSA) is 75.7 Å². The Morgan fingerprint density at radius 2 is 2.05 bits per heavy atom. The van der Waals surface area contributed by atoms with Gasteiger partial charge in [-0.2, -0.15) is 0 Å². The van der Waals surface area contributed by atoms with E-state index in [1.54, 1.807) is 25.7 Å². The van der Waals surface area contributed by atoms with Crippen molar-refractivity contribution in [1.29, 1.82) is 0 Å². The molecule has 6 nitrogen and oxygen atoms in total. The van der Waals surface area contributed by atoms with E-state index in [0.29, 0.717) is 6.54 Å². The fourth-order valence-electron chi connectivity index (χ4n) is 2.60. The molecular formula is C15H26N2O4. The number of amides is 2. The number of alkyl carbamates (subject to hydrolysis) is 1. The number of carbonyl (C=O) groups is 3. The first-order valence-electron chi connectivity index (χ1n) is 7.50. The normalized spacial score (nSPS) is 22.0. The fraction of sp³-hybridized carbons (Fsp3) is 0.800. The molecule has 1 aliphatic rings. The highest BCUT2D eigenvalue weighted by Crippen LogP contribution is 2.26. The summed E-state index contributed by atoms with van der Waals surface area (Å²) < 4.78 is 5.07. The Morgan fingerprint density at radius 3 is 2.57 bits per heavy atom. The monoisotopic (exact) mass is 298 g/mol. The molecule has 120 valence electrons. The van der Waals surface area contributed by atoms with Gasteiger partial charge in [0.1, 0.15) is 18.4 Å². The molecule has 0 aromatic heterocycles. The molecule has 0 spiro atoms. The van der Waals surface area contributed by atoms with Gasteiger partial charge in [-0.05, 0) is 39.5 Å². The molecule has 1 aliphatic heterocycles. The van der Waals surface area contributed by atoms with Crippen LogP contribution in [0, 0.1) is 5.92 Å². The molecule has 6 heteroatoms. The van der Waals surface area contributed by atoms with Gasteiger partial charge in [0, 0.05) is 6.54 Å². The molecule has 0 bridgehead atoms. The summed E-state index contributed by atoms with van der Waals surface area (Å²) in [7, 11) is 0. The van der Waals surface area contributed by atoms with Crippen molar-refractivity contribution in [2.24, 2.45) is 5.92 Å². The molecular weight excluding hydrogens is 272 g/mol. The first-order valence-corrected chi connectivity index (χ1v) is 7.50.